The van der Waals surface area contributed by atoms with Crippen LogP contribution < -0.4 is 11.5 Å². The van der Waals surface area contributed by atoms with Crippen LogP contribution in [0.4, 0.5) is 5.82 Å². The molecule has 3 aromatic rings. The molecule has 4 N–H and O–H groups in total. The second-order valence-electron chi connectivity index (χ2n) is 9.24. The first-order valence-corrected chi connectivity index (χ1v) is 10.9. The molecule has 1 aromatic carbocycles. The molecule has 0 aliphatic heterocycles. The molecule has 148 valence electrons. The zero-order valence-corrected chi connectivity index (χ0v) is 16.8. The lowest BCUT2D eigenvalue weighted by atomic mass is 9.48. The van der Waals surface area contributed by atoms with E-state index in [-0.39, 0.29) is 0 Å². The number of hydrogen-bond donors (Lipinski definition) is 2. The Bertz CT molecular complexity index is 1010. The smallest absolute Gasteiger partial charge is 0.152 e. The van der Waals surface area contributed by atoms with Crippen LogP contribution >= 0.6 is 0 Å². The molecular weight excluding hydrogens is 346 g/mol. The van der Waals surface area contributed by atoms with Crippen molar-refractivity contribution in [2.45, 2.75) is 58.4 Å². The van der Waals surface area contributed by atoms with Crippen LogP contribution in [0.3, 0.4) is 0 Å². The van der Waals surface area contributed by atoms with Gasteiger partial charge in [-0.2, -0.15) is 0 Å². The summed E-state index contributed by atoms with van der Waals surface area (Å²) in [6.45, 7) is 4.15. The topological polar surface area (TPSA) is 82.8 Å². The van der Waals surface area contributed by atoms with Crippen LogP contribution in [-0.4, -0.2) is 21.1 Å². The molecule has 0 saturated heterocycles. The average molecular weight is 378 g/mol. The lowest BCUT2D eigenvalue weighted by Gasteiger charge is -2.58. The highest BCUT2D eigenvalue weighted by atomic mass is 15.1. The van der Waals surface area contributed by atoms with E-state index in [0.29, 0.717) is 11.2 Å². The molecule has 0 unspecified atom stereocenters. The number of benzene rings is 1. The van der Waals surface area contributed by atoms with Gasteiger partial charge in [-0.15, -0.1) is 0 Å². The van der Waals surface area contributed by atoms with Crippen molar-refractivity contribution in [1.82, 2.24) is 14.5 Å². The third kappa shape index (κ3) is 2.79. The Morgan fingerprint density at radius 3 is 2.61 bits per heavy atom. The third-order valence-electron chi connectivity index (χ3n) is 7.10. The predicted octanol–water partition coefficient (Wildman–Crippen LogP) is 4.27. The van der Waals surface area contributed by atoms with Gasteiger partial charge in [0, 0.05) is 18.4 Å². The van der Waals surface area contributed by atoms with Gasteiger partial charge in [0.15, 0.2) is 5.82 Å². The number of para-hydroxylation sites is 1. The molecule has 0 radical (unpaired) electrons. The minimum atomic E-state index is 0.556. The molecule has 2 aliphatic rings. The number of pyridine rings is 1. The number of aromatic nitrogens is 3. The molecule has 5 nitrogen and oxygen atoms in total. The maximum atomic E-state index is 6.32. The molecule has 1 spiro atoms. The van der Waals surface area contributed by atoms with Gasteiger partial charge in [0.1, 0.15) is 11.3 Å². The number of nitrogen functional groups attached to an aromatic ring is 1. The SMILES string of the molecule is CCCCc1nc2c(N)nc3ccccc3c2n1CC1CC2(CC(CN)C2)C1. The fourth-order valence-electron chi connectivity index (χ4n) is 5.84. The first-order chi connectivity index (χ1) is 13.6. The molecule has 2 aliphatic carbocycles. The number of nitrogens with zero attached hydrogens (tertiary/aromatic N) is 3. The molecule has 0 atom stereocenters. The van der Waals surface area contributed by atoms with E-state index in [2.05, 4.69) is 28.6 Å². The predicted molar refractivity (Wildman–Crippen MR) is 115 cm³/mol. The first kappa shape index (κ1) is 17.9. The maximum absolute atomic E-state index is 6.32. The van der Waals surface area contributed by atoms with Crippen LogP contribution in [0.2, 0.25) is 0 Å². The van der Waals surface area contributed by atoms with Gasteiger partial charge in [-0.1, -0.05) is 31.5 Å². The molecule has 5 heteroatoms. The van der Waals surface area contributed by atoms with Crippen molar-refractivity contribution in [3.63, 3.8) is 0 Å². The zero-order chi connectivity index (χ0) is 19.3. The Hall–Kier alpha value is -2.14. The fourth-order valence-corrected chi connectivity index (χ4v) is 5.84. The summed E-state index contributed by atoms with van der Waals surface area (Å²) < 4.78 is 2.47. The van der Waals surface area contributed by atoms with E-state index >= 15 is 0 Å². The van der Waals surface area contributed by atoms with Gasteiger partial charge >= 0.3 is 0 Å². The molecule has 5 rings (SSSR count). The van der Waals surface area contributed by atoms with Crippen LogP contribution in [-0.2, 0) is 13.0 Å². The Labute approximate surface area is 166 Å². The van der Waals surface area contributed by atoms with E-state index in [1.165, 1.54) is 48.8 Å². The van der Waals surface area contributed by atoms with Crippen molar-refractivity contribution in [2.75, 3.05) is 12.3 Å². The van der Waals surface area contributed by atoms with E-state index < -0.39 is 0 Å². The average Bonchev–Trinajstić information content (AvgIpc) is 3.00. The van der Waals surface area contributed by atoms with Crippen LogP contribution in [0.1, 0.15) is 51.3 Å². The Morgan fingerprint density at radius 1 is 1.11 bits per heavy atom. The number of aryl methyl sites for hydroxylation is 1. The minimum absolute atomic E-state index is 0.556. The highest BCUT2D eigenvalue weighted by molar-refractivity contribution is 6.06. The molecule has 28 heavy (non-hydrogen) atoms. The largest absolute Gasteiger partial charge is 0.382 e. The molecule has 2 saturated carbocycles. The van der Waals surface area contributed by atoms with E-state index in [4.69, 9.17) is 16.5 Å². The van der Waals surface area contributed by atoms with Crippen molar-refractivity contribution in [3.05, 3.63) is 30.1 Å². The summed E-state index contributed by atoms with van der Waals surface area (Å²) in [5, 5.41) is 1.17. The monoisotopic (exact) mass is 377 g/mol. The van der Waals surface area contributed by atoms with Gasteiger partial charge in [0.25, 0.3) is 0 Å². The van der Waals surface area contributed by atoms with Crippen LogP contribution in [0.25, 0.3) is 21.9 Å². The molecular formula is C23H31N5. The second-order valence-corrected chi connectivity index (χ2v) is 9.24. The van der Waals surface area contributed by atoms with E-state index in [9.17, 15) is 0 Å². The number of hydrogen-bond acceptors (Lipinski definition) is 4. The first-order valence-electron chi connectivity index (χ1n) is 10.9. The summed E-state index contributed by atoms with van der Waals surface area (Å²) in [7, 11) is 0. The number of rotatable bonds is 6. The fraction of sp³-hybridized carbons (Fsp3) is 0.565. The Morgan fingerprint density at radius 2 is 1.86 bits per heavy atom. The maximum Gasteiger partial charge on any atom is 0.152 e. The number of anilines is 1. The lowest BCUT2D eigenvalue weighted by molar-refractivity contribution is -0.0695. The third-order valence-corrected chi connectivity index (χ3v) is 7.10. The second kappa shape index (κ2) is 6.73. The minimum Gasteiger partial charge on any atom is -0.382 e. The van der Waals surface area contributed by atoms with Crippen molar-refractivity contribution >= 4 is 27.8 Å². The zero-order valence-electron chi connectivity index (χ0n) is 16.8. The number of imidazole rings is 1. The number of nitrogens with two attached hydrogens (primary N) is 2. The van der Waals surface area contributed by atoms with Crippen LogP contribution in [0, 0.1) is 17.3 Å². The van der Waals surface area contributed by atoms with Gasteiger partial charge in [0.2, 0.25) is 0 Å². The van der Waals surface area contributed by atoms with Crippen molar-refractivity contribution in [1.29, 1.82) is 0 Å². The summed E-state index contributed by atoms with van der Waals surface area (Å²) in [6, 6.07) is 8.32. The summed E-state index contributed by atoms with van der Waals surface area (Å²) in [5.74, 6) is 3.24. The van der Waals surface area contributed by atoms with Crippen molar-refractivity contribution in [3.8, 4) is 0 Å². The molecule has 2 fully saturated rings. The van der Waals surface area contributed by atoms with Crippen LogP contribution in [0.15, 0.2) is 24.3 Å². The molecule has 0 amide bonds. The van der Waals surface area contributed by atoms with Crippen molar-refractivity contribution in [2.24, 2.45) is 23.0 Å². The van der Waals surface area contributed by atoms with Crippen molar-refractivity contribution < 1.29 is 0 Å². The standard InChI is InChI=1S/C23H31N5/c1-2-3-8-19-27-20-21(17-6-4-5-7-18(17)26-22(20)25)28(19)14-16-11-23(12-16)9-15(10-23)13-24/h4-7,15-16H,2-3,8-14,24H2,1H3,(H2,25,26). The van der Waals surface area contributed by atoms with Gasteiger partial charge < -0.3 is 16.0 Å². The molecule has 2 heterocycles. The van der Waals surface area contributed by atoms with Gasteiger partial charge in [-0.05, 0) is 62.0 Å². The molecule has 2 aromatic heterocycles. The van der Waals surface area contributed by atoms with Gasteiger partial charge in [-0.25, -0.2) is 9.97 Å². The quantitative estimate of drug-likeness (QED) is 0.672. The summed E-state index contributed by atoms with van der Waals surface area (Å²) in [4.78, 5) is 9.57. The number of fused-ring (bicyclic) bond motifs is 3. The highest BCUT2D eigenvalue weighted by Crippen LogP contribution is 2.61. The summed E-state index contributed by atoms with van der Waals surface area (Å²) >= 11 is 0. The Kier molecular flexibility index (Phi) is 4.31. The highest BCUT2D eigenvalue weighted by Gasteiger charge is 2.52. The normalized spacial score (nSPS) is 26.6. The van der Waals surface area contributed by atoms with Gasteiger partial charge in [0.05, 0.1) is 11.0 Å². The lowest BCUT2D eigenvalue weighted by Crippen LogP contribution is -2.50. The summed E-state index contributed by atoms with van der Waals surface area (Å²) in [6.07, 6.45) is 8.70. The number of unbranched alkanes of at least 4 members (excludes halogenated alkanes) is 1. The van der Waals surface area contributed by atoms with Crippen LogP contribution in [0.5, 0.6) is 0 Å². The van der Waals surface area contributed by atoms with E-state index in [0.717, 1.165) is 48.8 Å². The Balaban J connectivity index is 1.51. The van der Waals surface area contributed by atoms with E-state index in [1.54, 1.807) is 0 Å². The van der Waals surface area contributed by atoms with E-state index in [1.807, 2.05) is 12.1 Å². The summed E-state index contributed by atoms with van der Waals surface area (Å²) in [5.41, 5.74) is 15.8. The van der Waals surface area contributed by atoms with Gasteiger partial charge in [-0.3, -0.25) is 0 Å². The molecule has 0 bridgehead atoms.